The molecule has 5 heteroatoms. The summed E-state index contributed by atoms with van der Waals surface area (Å²) in [6.07, 6.45) is 6.39. The number of nitrogen functional groups attached to an aromatic ring is 1. The second-order valence-electron chi connectivity index (χ2n) is 4.99. The minimum absolute atomic E-state index is 0.187. The molecule has 0 aliphatic carbocycles. The lowest BCUT2D eigenvalue weighted by molar-refractivity contribution is 0.415. The normalized spacial score (nSPS) is 11.5. The molecule has 20 heavy (non-hydrogen) atoms. The number of ether oxygens (including phenoxy) is 1. The van der Waals surface area contributed by atoms with Gasteiger partial charge in [-0.15, -0.1) is 0 Å². The molecular formula is C15H25NO3S. The van der Waals surface area contributed by atoms with Gasteiger partial charge in [-0.25, -0.2) is 8.42 Å². The van der Waals surface area contributed by atoms with Crippen molar-refractivity contribution in [2.45, 2.75) is 50.3 Å². The first-order chi connectivity index (χ1) is 9.51. The van der Waals surface area contributed by atoms with Crippen molar-refractivity contribution in [1.82, 2.24) is 0 Å². The summed E-state index contributed by atoms with van der Waals surface area (Å²) in [6.45, 7) is 2.17. The van der Waals surface area contributed by atoms with Gasteiger partial charge < -0.3 is 10.5 Å². The summed E-state index contributed by atoms with van der Waals surface area (Å²) < 4.78 is 29.5. The van der Waals surface area contributed by atoms with E-state index < -0.39 is 9.84 Å². The van der Waals surface area contributed by atoms with Crippen LogP contribution in [0.15, 0.2) is 23.1 Å². The van der Waals surface area contributed by atoms with E-state index in [1.807, 2.05) is 0 Å². The molecule has 1 aromatic carbocycles. The summed E-state index contributed by atoms with van der Waals surface area (Å²) in [5, 5.41) is 0. The van der Waals surface area contributed by atoms with Gasteiger partial charge in [0.25, 0.3) is 0 Å². The molecule has 0 spiro atoms. The fourth-order valence-electron chi connectivity index (χ4n) is 2.08. The molecule has 1 rings (SSSR count). The third kappa shape index (κ3) is 5.04. The van der Waals surface area contributed by atoms with E-state index >= 15 is 0 Å². The Hall–Kier alpha value is -1.23. The highest BCUT2D eigenvalue weighted by atomic mass is 32.2. The zero-order valence-corrected chi connectivity index (χ0v) is 13.2. The number of anilines is 1. The summed E-state index contributed by atoms with van der Waals surface area (Å²) in [6, 6.07) is 4.62. The van der Waals surface area contributed by atoms with Crippen LogP contribution in [0.25, 0.3) is 0 Å². The van der Waals surface area contributed by atoms with E-state index in [1.165, 1.54) is 32.4 Å². The van der Waals surface area contributed by atoms with Gasteiger partial charge in [-0.1, -0.05) is 39.0 Å². The second kappa shape index (κ2) is 8.15. The minimum atomic E-state index is -3.24. The number of nitrogens with two attached hydrogens (primary N) is 1. The fourth-order valence-corrected chi connectivity index (χ4v) is 3.46. The summed E-state index contributed by atoms with van der Waals surface area (Å²) in [5.41, 5.74) is 6.14. The maximum atomic E-state index is 12.2. The third-order valence-electron chi connectivity index (χ3n) is 3.33. The first kappa shape index (κ1) is 16.8. The average Bonchev–Trinajstić information content (AvgIpc) is 2.43. The predicted molar refractivity (Wildman–Crippen MR) is 82.8 cm³/mol. The maximum Gasteiger partial charge on any atom is 0.178 e. The van der Waals surface area contributed by atoms with E-state index in [1.54, 1.807) is 12.1 Å². The first-order valence-electron chi connectivity index (χ1n) is 7.17. The fraction of sp³-hybridized carbons (Fsp3) is 0.600. The molecule has 0 atom stereocenters. The zero-order chi connectivity index (χ0) is 15.0. The van der Waals surface area contributed by atoms with Crippen LogP contribution in [0.1, 0.15) is 45.4 Å². The summed E-state index contributed by atoms with van der Waals surface area (Å²) in [4.78, 5) is 0.289. The standard InChI is InChI=1S/C15H25NO3S/c1-3-4-5-6-7-8-11-20(17,18)13-9-10-14(16)15(12-13)19-2/h9-10,12H,3-8,11,16H2,1-2H3. The lowest BCUT2D eigenvalue weighted by Crippen LogP contribution is -2.07. The van der Waals surface area contributed by atoms with E-state index in [2.05, 4.69) is 6.92 Å². The predicted octanol–water partition coefficient (Wildman–Crippen LogP) is 3.41. The molecule has 0 aliphatic heterocycles. The van der Waals surface area contributed by atoms with Gasteiger partial charge in [0.15, 0.2) is 9.84 Å². The van der Waals surface area contributed by atoms with Crippen molar-refractivity contribution in [1.29, 1.82) is 0 Å². The summed E-state index contributed by atoms with van der Waals surface area (Å²) in [5.74, 6) is 0.598. The number of benzene rings is 1. The molecule has 0 unspecified atom stereocenters. The van der Waals surface area contributed by atoms with Crippen molar-refractivity contribution in [2.24, 2.45) is 0 Å². The van der Waals surface area contributed by atoms with Crippen LogP contribution in [-0.4, -0.2) is 21.3 Å². The highest BCUT2D eigenvalue weighted by Gasteiger charge is 2.15. The molecular weight excluding hydrogens is 274 g/mol. The van der Waals surface area contributed by atoms with Gasteiger partial charge in [0, 0.05) is 6.07 Å². The minimum Gasteiger partial charge on any atom is -0.495 e. The Morgan fingerprint density at radius 2 is 1.75 bits per heavy atom. The highest BCUT2D eigenvalue weighted by Crippen LogP contribution is 2.25. The van der Waals surface area contributed by atoms with Crippen molar-refractivity contribution in [3.63, 3.8) is 0 Å². The van der Waals surface area contributed by atoms with Crippen LogP contribution >= 0.6 is 0 Å². The van der Waals surface area contributed by atoms with Crippen LogP contribution in [0, 0.1) is 0 Å². The van der Waals surface area contributed by atoms with Crippen molar-refractivity contribution < 1.29 is 13.2 Å². The Kier molecular flexibility index (Phi) is 6.85. The van der Waals surface area contributed by atoms with E-state index in [-0.39, 0.29) is 10.6 Å². The Morgan fingerprint density at radius 3 is 2.40 bits per heavy atom. The van der Waals surface area contributed by atoms with Crippen LogP contribution in [-0.2, 0) is 9.84 Å². The van der Waals surface area contributed by atoms with Gasteiger partial charge in [-0.05, 0) is 18.6 Å². The number of hydrogen-bond donors (Lipinski definition) is 1. The first-order valence-corrected chi connectivity index (χ1v) is 8.82. The molecule has 1 aromatic rings. The quantitative estimate of drug-likeness (QED) is 0.560. The number of unbranched alkanes of at least 4 members (excludes halogenated alkanes) is 5. The van der Waals surface area contributed by atoms with Crippen LogP contribution in [0.3, 0.4) is 0 Å². The van der Waals surface area contributed by atoms with Crippen molar-refractivity contribution in [3.05, 3.63) is 18.2 Å². The monoisotopic (exact) mass is 299 g/mol. The topological polar surface area (TPSA) is 69.4 Å². The number of sulfone groups is 1. The Bertz CT molecular complexity index is 512. The highest BCUT2D eigenvalue weighted by molar-refractivity contribution is 7.91. The molecule has 0 aromatic heterocycles. The van der Waals surface area contributed by atoms with Gasteiger partial charge in [0.2, 0.25) is 0 Å². The molecule has 0 saturated carbocycles. The summed E-state index contributed by atoms with van der Waals surface area (Å²) >= 11 is 0. The van der Waals surface area contributed by atoms with E-state index in [9.17, 15) is 8.42 Å². The van der Waals surface area contributed by atoms with Crippen molar-refractivity contribution in [2.75, 3.05) is 18.6 Å². The van der Waals surface area contributed by atoms with E-state index in [0.29, 0.717) is 17.9 Å². The number of rotatable bonds is 9. The van der Waals surface area contributed by atoms with Gasteiger partial charge >= 0.3 is 0 Å². The van der Waals surface area contributed by atoms with Gasteiger partial charge in [0.05, 0.1) is 23.4 Å². The van der Waals surface area contributed by atoms with Crippen molar-refractivity contribution >= 4 is 15.5 Å². The molecule has 114 valence electrons. The molecule has 2 N–H and O–H groups in total. The Morgan fingerprint density at radius 1 is 1.10 bits per heavy atom. The number of methoxy groups -OCH3 is 1. The van der Waals surface area contributed by atoms with Gasteiger partial charge in [-0.3, -0.25) is 0 Å². The maximum absolute atomic E-state index is 12.2. The van der Waals surface area contributed by atoms with Crippen LogP contribution in [0.4, 0.5) is 5.69 Å². The largest absolute Gasteiger partial charge is 0.495 e. The Labute approximate surface area is 122 Å². The summed E-state index contributed by atoms with van der Waals surface area (Å²) in [7, 11) is -1.76. The smallest absolute Gasteiger partial charge is 0.178 e. The molecule has 0 aliphatic rings. The molecule has 0 amide bonds. The third-order valence-corrected chi connectivity index (χ3v) is 5.13. The van der Waals surface area contributed by atoms with E-state index in [0.717, 1.165) is 12.8 Å². The molecule has 0 fully saturated rings. The van der Waals surface area contributed by atoms with Gasteiger partial charge in [-0.2, -0.15) is 0 Å². The molecule has 0 bridgehead atoms. The molecule has 0 heterocycles. The lowest BCUT2D eigenvalue weighted by Gasteiger charge is -2.08. The Balaban J connectivity index is 2.56. The van der Waals surface area contributed by atoms with Crippen LogP contribution in [0.5, 0.6) is 5.75 Å². The lowest BCUT2D eigenvalue weighted by atomic mass is 10.1. The second-order valence-corrected chi connectivity index (χ2v) is 7.10. The average molecular weight is 299 g/mol. The molecule has 0 saturated heterocycles. The SMILES string of the molecule is CCCCCCCCS(=O)(=O)c1ccc(N)c(OC)c1. The van der Waals surface area contributed by atoms with E-state index in [4.69, 9.17) is 10.5 Å². The van der Waals surface area contributed by atoms with Gasteiger partial charge in [0.1, 0.15) is 5.75 Å². The number of hydrogen-bond acceptors (Lipinski definition) is 4. The van der Waals surface area contributed by atoms with Crippen LogP contribution in [0.2, 0.25) is 0 Å². The zero-order valence-electron chi connectivity index (χ0n) is 12.4. The molecule has 0 radical (unpaired) electrons. The molecule has 4 nitrogen and oxygen atoms in total. The van der Waals surface area contributed by atoms with Crippen LogP contribution < -0.4 is 10.5 Å². The van der Waals surface area contributed by atoms with Crippen molar-refractivity contribution in [3.8, 4) is 5.75 Å².